The highest BCUT2D eigenvalue weighted by Crippen LogP contribution is 2.28. The van der Waals surface area contributed by atoms with Crippen LogP contribution >= 0.6 is 0 Å². The Bertz CT molecular complexity index is 514. The Labute approximate surface area is 107 Å². The fourth-order valence-corrected chi connectivity index (χ4v) is 1.53. The minimum atomic E-state index is 0.509. The fraction of sp³-hybridized carbons (Fsp3) is 0.308. The molecule has 2 N–H and O–H groups in total. The van der Waals surface area contributed by atoms with Crippen LogP contribution in [0.1, 0.15) is 19.5 Å². The monoisotopic (exact) mass is 245 g/mol. The molecule has 0 fully saturated rings. The summed E-state index contributed by atoms with van der Waals surface area (Å²) in [5.74, 6) is 0.509. The highest BCUT2D eigenvalue weighted by molar-refractivity contribution is 5.63. The molecule has 1 aromatic heterocycles. The SMILES string of the molecule is CC.CN=Nc1c(C)nn(-c2ccccc2)c1N. The molecule has 0 radical (unpaired) electrons. The molecule has 1 aromatic carbocycles. The summed E-state index contributed by atoms with van der Waals surface area (Å²) in [6, 6.07) is 9.70. The van der Waals surface area contributed by atoms with Gasteiger partial charge < -0.3 is 5.73 Å². The lowest BCUT2D eigenvalue weighted by Gasteiger charge is -2.02. The molecule has 96 valence electrons. The summed E-state index contributed by atoms with van der Waals surface area (Å²) in [7, 11) is 1.61. The predicted octanol–water partition coefficient (Wildman–Crippen LogP) is 3.50. The van der Waals surface area contributed by atoms with Crippen molar-refractivity contribution in [2.45, 2.75) is 20.8 Å². The number of para-hydroxylation sites is 1. The van der Waals surface area contributed by atoms with Crippen molar-refractivity contribution in [1.82, 2.24) is 9.78 Å². The largest absolute Gasteiger partial charge is 0.382 e. The van der Waals surface area contributed by atoms with E-state index in [1.54, 1.807) is 11.7 Å². The number of nitrogens with zero attached hydrogens (tertiary/aromatic N) is 4. The number of aromatic nitrogens is 2. The van der Waals surface area contributed by atoms with Gasteiger partial charge in [0.2, 0.25) is 0 Å². The number of aryl methyl sites for hydroxylation is 1. The normalized spacial score (nSPS) is 10.2. The third-order valence-electron chi connectivity index (χ3n) is 2.26. The first-order chi connectivity index (χ1) is 8.74. The third-order valence-corrected chi connectivity index (χ3v) is 2.26. The van der Waals surface area contributed by atoms with Gasteiger partial charge in [-0.25, -0.2) is 4.68 Å². The van der Waals surface area contributed by atoms with E-state index in [4.69, 9.17) is 5.73 Å². The van der Waals surface area contributed by atoms with Crippen molar-refractivity contribution in [1.29, 1.82) is 0 Å². The molecule has 0 unspecified atom stereocenters. The lowest BCUT2D eigenvalue weighted by atomic mass is 10.3. The van der Waals surface area contributed by atoms with Crippen LogP contribution in [0.25, 0.3) is 5.69 Å². The van der Waals surface area contributed by atoms with Crippen molar-refractivity contribution in [3.8, 4) is 5.69 Å². The molecule has 0 aliphatic heterocycles. The maximum Gasteiger partial charge on any atom is 0.155 e. The van der Waals surface area contributed by atoms with E-state index in [0.29, 0.717) is 11.5 Å². The van der Waals surface area contributed by atoms with Gasteiger partial charge in [-0.05, 0) is 19.1 Å². The van der Waals surface area contributed by atoms with Gasteiger partial charge in [0.05, 0.1) is 11.4 Å². The lowest BCUT2D eigenvalue weighted by Crippen LogP contribution is -2.01. The molecular weight excluding hydrogens is 226 g/mol. The molecule has 0 atom stereocenters. The predicted molar refractivity (Wildman–Crippen MR) is 74.5 cm³/mol. The van der Waals surface area contributed by atoms with Crippen LogP contribution in [0.15, 0.2) is 40.6 Å². The van der Waals surface area contributed by atoms with Gasteiger partial charge in [0.25, 0.3) is 0 Å². The van der Waals surface area contributed by atoms with Gasteiger partial charge in [-0.2, -0.15) is 15.3 Å². The molecule has 0 spiro atoms. The first-order valence-corrected chi connectivity index (χ1v) is 5.94. The van der Waals surface area contributed by atoms with Gasteiger partial charge in [-0.1, -0.05) is 32.0 Å². The summed E-state index contributed by atoms with van der Waals surface area (Å²) in [6.07, 6.45) is 0. The van der Waals surface area contributed by atoms with Crippen LogP contribution in [0.5, 0.6) is 0 Å². The van der Waals surface area contributed by atoms with Crippen LogP contribution in [0, 0.1) is 6.92 Å². The number of hydrogen-bond acceptors (Lipinski definition) is 4. The number of anilines is 1. The molecule has 2 rings (SSSR count). The molecule has 2 aromatic rings. The van der Waals surface area contributed by atoms with Gasteiger partial charge in [0.1, 0.15) is 0 Å². The van der Waals surface area contributed by atoms with Crippen molar-refractivity contribution in [2.75, 3.05) is 12.8 Å². The number of rotatable bonds is 2. The van der Waals surface area contributed by atoms with Crippen LogP contribution in [0.3, 0.4) is 0 Å². The number of azo groups is 1. The molecule has 0 saturated carbocycles. The molecule has 0 aliphatic rings. The summed E-state index contributed by atoms with van der Waals surface area (Å²) >= 11 is 0. The van der Waals surface area contributed by atoms with Crippen LogP contribution in [-0.4, -0.2) is 16.8 Å². The zero-order valence-electron chi connectivity index (χ0n) is 11.3. The average molecular weight is 245 g/mol. The zero-order chi connectivity index (χ0) is 13.5. The van der Waals surface area contributed by atoms with Gasteiger partial charge in [-0.3, -0.25) is 0 Å². The molecule has 5 heteroatoms. The molecule has 0 saturated heterocycles. The fourth-order valence-electron chi connectivity index (χ4n) is 1.53. The van der Waals surface area contributed by atoms with E-state index < -0.39 is 0 Å². The molecule has 5 nitrogen and oxygen atoms in total. The summed E-state index contributed by atoms with van der Waals surface area (Å²) < 4.78 is 1.67. The molecule has 0 aliphatic carbocycles. The first-order valence-electron chi connectivity index (χ1n) is 5.94. The van der Waals surface area contributed by atoms with Gasteiger partial charge in [0, 0.05) is 7.05 Å². The van der Waals surface area contributed by atoms with E-state index in [9.17, 15) is 0 Å². The average Bonchev–Trinajstić information content (AvgIpc) is 2.71. The van der Waals surface area contributed by atoms with E-state index in [1.165, 1.54) is 0 Å². The number of benzene rings is 1. The minimum Gasteiger partial charge on any atom is -0.382 e. The quantitative estimate of drug-likeness (QED) is 0.823. The van der Waals surface area contributed by atoms with E-state index in [1.807, 2.05) is 51.1 Å². The Morgan fingerprint density at radius 1 is 1.17 bits per heavy atom. The highest BCUT2D eigenvalue weighted by Gasteiger charge is 2.12. The smallest absolute Gasteiger partial charge is 0.155 e. The Morgan fingerprint density at radius 3 is 2.33 bits per heavy atom. The summed E-state index contributed by atoms with van der Waals surface area (Å²) in [4.78, 5) is 0. The Balaban J connectivity index is 0.000000771. The molecule has 0 amide bonds. The minimum absolute atomic E-state index is 0.509. The van der Waals surface area contributed by atoms with Crippen molar-refractivity contribution < 1.29 is 0 Å². The Hall–Kier alpha value is -2.17. The molecule has 0 bridgehead atoms. The lowest BCUT2D eigenvalue weighted by molar-refractivity contribution is 0.872. The second-order valence-electron chi connectivity index (χ2n) is 3.37. The van der Waals surface area contributed by atoms with Crippen molar-refractivity contribution >= 4 is 11.5 Å². The number of nitrogens with two attached hydrogens (primary N) is 1. The number of nitrogen functional groups attached to an aromatic ring is 1. The second kappa shape index (κ2) is 6.54. The molecular formula is C13H19N5. The van der Waals surface area contributed by atoms with Crippen molar-refractivity contribution in [2.24, 2.45) is 10.2 Å². The second-order valence-corrected chi connectivity index (χ2v) is 3.37. The van der Waals surface area contributed by atoms with Crippen LogP contribution in [-0.2, 0) is 0 Å². The summed E-state index contributed by atoms with van der Waals surface area (Å²) in [5, 5.41) is 12.0. The van der Waals surface area contributed by atoms with E-state index >= 15 is 0 Å². The Kier molecular flexibility index (Phi) is 5.05. The maximum atomic E-state index is 5.97. The summed E-state index contributed by atoms with van der Waals surface area (Å²) in [5.41, 5.74) is 8.29. The van der Waals surface area contributed by atoms with Gasteiger partial charge in [0.15, 0.2) is 11.5 Å². The van der Waals surface area contributed by atoms with Crippen LogP contribution in [0.4, 0.5) is 11.5 Å². The van der Waals surface area contributed by atoms with Crippen molar-refractivity contribution in [3.63, 3.8) is 0 Å². The van der Waals surface area contributed by atoms with Crippen LogP contribution in [0.2, 0.25) is 0 Å². The van der Waals surface area contributed by atoms with Gasteiger partial charge >= 0.3 is 0 Å². The molecule has 18 heavy (non-hydrogen) atoms. The standard InChI is InChI=1S/C11H13N5.C2H6/c1-8-10(14-13-2)11(12)16(15-8)9-6-4-3-5-7-9;1-2/h3-7H,12H2,1-2H3;1-2H3. The maximum absolute atomic E-state index is 5.97. The zero-order valence-corrected chi connectivity index (χ0v) is 11.3. The highest BCUT2D eigenvalue weighted by atomic mass is 15.3. The Morgan fingerprint density at radius 2 is 1.78 bits per heavy atom. The summed E-state index contributed by atoms with van der Waals surface area (Å²) in [6.45, 7) is 5.86. The van der Waals surface area contributed by atoms with Crippen molar-refractivity contribution in [3.05, 3.63) is 36.0 Å². The third kappa shape index (κ3) is 2.74. The van der Waals surface area contributed by atoms with E-state index in [-0.39, 0.29) is 0 Å². The topological polar surface area (TPSA) is 68.6 Å². The molecule has 1 heterocycles. The number of hydrogen-bond donors (Lipinski definition) is 1. The van der Waals surface area contributed by atoms with E-state index in [0.717, 1.165) is 11.4 Å². The van der Waals surface area contributed by atoms with Gasteiger partial charge in [-0.15, -0.1) is 0 Å². The van der Waals surface area contributed by atoms with Crippen LogP contribution < -0.4 is 5.73 Å². The first kappa shape index (κ1) is 13.9. The van der Waals surface area contributed by atoms with E-state index in [2.05, 4.69) is 15.3 Å².